The van der Waals surface area contributed by atoms with Gasteiger partial charge >= 0.3 is 0 Å². The predicted octanol–water partition coefficient (Wildman–Crippen LogP) is 3.40. The van der Waals surface area contributed by atoms with Crippen molar-refractivity contribution < 1.29 is 0 Å². The molecule has 0 atom stereocenters. The topological polar surface area (TPSA) is 29.3 Å². The minimum absolute atomic E-state index is 0.642. The van der Waals surface area contributed by atoms with Crippen LogP contribution >= 0.6 is 0 Å². The molecule has 0 aromatic heterocycles. The van der Waals surface area contributed by atoms with Crippen LogP contribution in [0, 0.1) is 13.8 Å². The molecule has 2 N–H and O–H groups in total. The van der Waals surface area contributed by atoms with Crippen LogP contribution in [0.2, 0.25) is 0 Å². The molecule has 2 rings (SSSR count). The highest BCUT2D eigenvalue weighted by atomic mass is 15.1. The Morgan fingerprint density at radius 2 is 1.28 bits per heavy atom. The molecule has 0 radical (unpaired) electrons. The molecule has 2 heteroatoms. The number of aryl methyl sites for hydroxylation is 2. The number of para-hydroxylation sites is 2. The van der Waals surface area contributed by atoms with Crippen molar-refractivity contribution in [1.29, 1.82) is 0 Å². The van der Waals surface area contributed by atoms with Crippen LogP contribution in [0.25, 0.3) is 0 Å². The molecule has 0 aliphatic carbocycles. The van der Waals surface area contributed by atoms with Gasteiger partial charge in [-0.3, -0.25) is 0 Å². The number of nitrogens with zero attached hydrogens (tertiary/aromatic N) is 1. The van der Waals surface area contributed by atoms with Crippen molar-refractivity contribution in [1.82, 2.24) is 0 Å². The second-order valence-corrected chi connectivity index (χ2v) is 4.51. The van der Waals surface area contributed by atoms with Gasteiger partial charge in [-0.25, -0.2) is 0 Å². The lowest BCUT2D eigenvalue weighted by Crippen LogP contribution is -2.26. The Balaban J connectivity index is 2.47. The molecule has 2 aromatic rings. The summed E-state index contributed by atoms with van der Waals surface area (Å²) < 4.78 is 0. The van der Waals surface area contributed by atoms with E-state index in [1.54, 1.807) is 0 Å². The van der Waals surface area contributed by atoms with Crippen LogP contribution in [-0.2, 0) is 0 Å². The van der Waals surface area contributed by atoms with Gasteiger partial charge in [-0.1, -0.05) is 36.4 Å². The summed E-state index contributed by atoms with van der Waals surface area (Å²) in [5.74, 6) is 0. The van der Waals surface area contributed by atoms with Crippen molar-refractivity contribution >= 4 is 11.4 Å². The van der Waals surface area contributed by atoms with Gasteiger partial charge in [-0.2, -0.15) is 0 Å². The van der Waals surface area contributed by atoms with Crippen molar-refractivity contribution in [2.75, 3.05) is 18.0 Å². The summed E-state index contributed by atoms with van der Waals surface area (Å²) in [6.07, 6.45) is 0. The van der Waals surface area contributed by atoms with E-state index in [4.69, 9.17) is 5.73 Å². The van der Waals surface area contributed by atoms with Crippen LogP contribution in [0.3, 0.4) is 0 Å². The maximum atomic E-state index is 5.76. The van der Waals surface area contributed by atoms with Gasteiger partial charge in [-0.05, 0) is 37.1 Å². The number of hydrogen-bond donors (Lipinski definition) is 1. The van der Waals surface area contributed by atoms with Gasteiger partial charge < -0.3 is 10.6 Å². The standard InChI is InChI=1S/C16H20N2/c1-13-7-3-5-9-15(13)18(12-11-17)16-10-6-4-8-14(16)2/h3-10H,11-12,17H2,1-2H3. The lowest BCUT2D eigenvalue weighted by atomic mass is 10.1. The smallest absolute Gasteiger partial charge is 0.0440 e. The number of hydrogen-bond acceptors (Lipinski definition) is 2. The van der Waals surface area contributed by atoms with E-state index in [0.717, 1.165) is 6.54 Å². The third kappa shape index (κ3) is 2.54. The third-order valence-electron chi connectivity index (χ3n) is 3.17. The van der Waals surface area contributed by atoms with E-state index in [9.17, 15) is 0 Å². The first kappa shape index (κ1) is 12.7. The van der Waals surface area contributed by atoms with E-state index in [2.05, 4.69) is 67.3 Å². The Hall–Kier alpha value is -1.80. The highest BCUT2D eigenvalue weighted by Gasteiger charge is 2.11. The zero-order chi connectivity index (χ0) is 13.0. The van der Waals surface area contributed by atoms with Crippen molar-refractivity contribution in [3.05, 3.63) is 59.7 Å². The Morgan fingerprint density at radius 3 is 1.67 bits per heavy atom. The van der Waals surface area contributed by atoms with E-state index in [1.807, 2.05) is 0 Å². The summed E-state index contributed by atoms with van der Waals surface area (Å²) in [6.45, 7) is 5.74. The highest BCUT2D eigenvalue weighted by Crippen LogP contribution is 2.29. The first-order valence-corrected chi connectivity index (χ1v) is 6.33. The van der Waals surface area contributed by atoms with Crippen LogP contribution in [0.15, 0.2) is 48.5 Å². The van der Waals surface area contributed by atoms with Crippen LogP contribution in [0.1, 0.15) is 11.1 Å². The van der Waals surface area contributed by atoms with Gasteiger partial charge in [0.05, 0.1) is 0 Å². The van der Waals surface area contributed by atoms with Crippen molar-refractivity contribution in [3.8, 4) is 0 Å². The maximum absolute atomic E-state index is 5.76. The van der Waals surface area contributed by atoms with Gasteiger partial charge in [0.2, 0.25) is 0 Å². The van der Waals surface area contributed by atoms with Gasteiger partial charge in [0.15, 0.2) is 0 Å². The molecule has 0 heterocycles. The van der Waals surface area contributed by atoms with Crippen molar-refractivity contribution in [2.45, 2.75) is 13.8 Å². The molecule has 94 valence electrons. The summed E-state index contributed by atoms with van der Waals surface area (Å²) >= 11 is 0. The van der Waals surface area contributed by atoms with Crippen molar-refractivity contribution in [3.63, 3.8) is 0 Å². The van der Waals surface area contributed by atoms with Crippen LogP contribution < -0.4 is 10.6 Å². The summed E-state index contributed by atoms with van der Waals surface area (Å²) in [5, 5.41) is 0. The fourth-order valence-electron chi connectivity index (χ4n) is 2.23. The van der Waals surface area contributed by atoms with Crippen LogP contribution in [-0.4, -0.2) is 13.1 Å². The SMILES string of the molecule is Cc1ccccc1N(CCN)c1ccccc1C. The van der Waals surface area contributed by atoms with Crippen LogP contribution in [0.4, 0.5) is 11.4 Å². The molecule has 0 amide bonds. The first-order chi connectivity index (χ1) is 8.74. The Kier molecular flexibility index (Phi) is 4.00. The van der Waals surface area contributed by atoms with E-state index in [1.165, 1.54) is 22.5 Å². The Bertz CT molecular complexity index is 475. The highest BCUT2D eigenvalue weighted by molar-refractivity contribution is 5.68. The molecule has 0 aliphatic rings. The zero-order valence-corrected chi connectivity index (χ0v) is 11.1. The quantitative estimate of drug-likeness (QED) is 0.887. The second kappa shape index (κ2) is 5.69. The molecular formula is C16H20N2. The number of benzene rings is 2. The fourth-order valence-corrected chi connectivity index (χ4v) is 2.23. The lowest BCUT2D eigenvalue weighted by Gasteiger charge is -2.27. The largest absolute Gasteiger partial charge is 0.340 e. The summed E-state index contributed by atoms with van der Waals surface area (Å²) in [7, 11) is 0. The molecule has 0 unspecified atom stereocenters. The van der Waals surface area contributed by atoms with Gasteiger partial charge in [-0.15, -0.1) is 0 Å². The summed E-state index contributed by atoms with van der Waals surface area (Å²) in [6, 6.07) is 16.9. The average Bonchev–Trinajstić information content (AvgIpc) is 2.38. The normalized spacial score (nSPS) is 10.4. The molecule has 18 heavy (non-hydrogen) atoms. The molecule has 0 bridgehead atoms. The lowest BCUT2D eigenvalue weighted by molar-refractivity contribution is 0.915. The molecule has 0 saturated heterocycles. The Labute approximate surface area is 109 Å². The molecular weight excluding hydrogens is 220 g/mol. The van der Waals surface area contributed by atoms with E-state index in [0.29, 0.717) is 6.54 Å². The molecule has 0 saturated carbocycles. The molecule has 0 fully saturated rings. The zero-order valence-electron chi connectivity index (χ0n) is 11.1. The molecule has 0 spiro atoms. The minimum Gasteiger partial charge on any atom is -0.340 e. The maximum Gasteiger partial charge on any atom is 0.0440 e. The van der Waals surface area contributed by atoms with Gasteiger partial charge in [0.25, 0.3) is 0 Å². The molecule has 2 nitrogen and oxygen atoms in total. The van der Waals surface area contributed by atoms with E-state index >= 15 is 0 Å². The average molecular weight is 240 g/mol. The van der Waals surface area contributed by atoms with E-state index in [-0.39, 0.29) is 0 Å². The summed E-state index contributed by atoms with van der Waals surface area (Å²) in [4.78, 5) is 2.30. The number of anilines is 2. The fraction of sp³-hybridized carbons (Fsp3) is 0.250. The van der Waals surface area contributed by atoms with Gasteiger partial charge in [0.1, 0.15) is 0 Å². The van der Waals surface area contributed by atoms with Crippen LogP contribution in [0.5, 0.6) is 0 Å². The Morgan fingerprint density at radius 1 is 0.833 bits per heavy atom. The van der Waals surface area contributed by atoms with Crippen molar-refractivity contribution in [2.24, 2.45) is 5.73 Å². The second-order valence-electron chi connectivity index (χ2n) is 4.51. The monoisotopic (exact) mass is 240 g/mol. The van der Waals surface area contributed by atoms with Gasteiger partial charge in [0, 0.05) is 24.5 Å². The number of nitrogens with two attached hydrogens (primary N) is 1. The third-order valence-corrected chi connectivity index (χ3v) is 3.17. The first-order valence-electron chi connectivity index (χ1n) is 6.33. The minimum atomic E-state index is 0.642. The molecule has 0 aliphatic heterocycles. The molecule has 2 aromatic carbocycles. The van der Waals surface area contributed by atoms with E-state index < -0.39 is 0 Å². The summed E-state index contributed by atoms with van der Waals surface area (Å²) in [5.41, 5.74) is 10.8. The number of rotatable bonds is 4. The predicted molar refractivity (Wildman–Crippen MR) is 78.4 cm³/mol.